The van der Waals surface area contributed by atoms with E-state index in [0.29, 0.717) is 23.7 Å². The van der Waals surface area contributed by atoms with Gasteiger partial charge < -0.3 is 4.74 Å². The van der Waals surface area contributed by atoms with Crippen LogP contribution in [-0.4, -0.2) is 19.3 Å². The van der Waals surface area contributed by atoms with Crippen molar-refractivity contribution in [2.24, 2.45) is 11.8 Å². The van der Waals surface area contributed by atoms with E-state index in [0.717, 1.165) is 65.4 Å². The normalized spacial score (nSPS) is 17.9. The number of allylic oxidation sites excluding steroid dienone is 2. The molecule has 5 nitrogen and oxygen atoms in total. The van der Waals surface area contributed by atoms with Crippen LogP contribution in [0.1, 0.15) is 108 Å². The lowest BCUT2D eigenvalue weighted by molar-refractivity contribution is 0.389. The van der Waals surface area contributed by atoms with E-state index in [1.807, 2.05) is 6.20 Å². The van der Waals surface area contributed by atoms with Crippen LogP contribution < -0.4 is 4.74 Å². The SMILES string of the molecule is CCCCc1c(C2C(C)=C[C@H](C)C[C@@H]2C)c(C)nn1-c1cc(Oc2ccc3c4ccccc4n(-c4cc(CC)ccn4)c3c2)cc(C(C)C)c1. The van der Waals surface area contributed by atoms with Crippen LogP contribution in [0, 0.1) is 18.8 Å². The number of aryl methyl sites for hydroxylation is 2. The zero-order valence-electron chi connectivity index (χ0n) is 31.1. The van der Waals surface area contributed by atoms with Gasteiger partial charge in [-0.25, -0.2) is 9.67 Å². The summed E-state index contributed by atoms with van der Waals surface area (Å²) in [5, 5.41) is 7.68. The predicted octanol–water partition coefficient (Wildman–Crippen LogP) is 12.2. The van der Waals surface area contributed by atoms with Crippen molar-refractivity contribution in [3.63, 3.8) is 0 Å². The van der Waals surface area contributed by atoms with Gasteiger partial charge >= 0.3 is 0 Å². The van der Waals surface area contributed by atoms with E-state index in [1.165, 1.54) is 45.2 Å². The van der Waals surface area contributed by atoms with Crippen molar-refractivity contribution < 1.29 is 4.74 Å². The van der Waals surface area contributed by atoms with Gasteiger partial charge in [-0.05, 0) is 111 Å². The van der Waals surface area contributed by atoms with Gasteiger partial charge in [0.2, 0.25) is 0 Å². The summed E-state index contributed by atoms with van der Waals surface area (Å²) in [5.41, 5.74) is 11.2. The molecule has 5 heteroatoms. The minimum atomic E-state index is 0.333. The van der Waals surface area contributed by atoms with E-state index in [-0.39, 0.29) is 0 Å². The minimum Gasteiger partial charge on any atom is -0.457 e. The van der Waals surface area contributed by atoms with Crippen LogP contribution in [0.4, 0.5) is 0 Å². The lowest BCUT2D eigenvalue weighted by Gasteiger charge is -2.32. The Labute approximate surface area is 298 Å². The van der Waals surface area contributed by atoms with Crippen molar-refractivity contribution >= 4 is 21.8 Å². The van der Waals surface area contributed by atoms with Crippen molar-refractivity contribution in [2.45, 2.75) is 99.3 Å². The Balaban J connectivity index is 1.34. The molecular formula is C45H52N4O. The van der Waals surface area contributed by atoms with Gasteiger partial charge in [-0.2, -0.15) is 5.10 Å². The maximum atomic E-state index is 6.81. The van der Waals surface area contributed by atoms with Gasteiger partial charge in [-0.3, -0.25) is 4.57 Å². The highest BCUT2D eigenvalue weighted by molar-refractivity contribution is 6.09. The fourth-order valence-electron chi connectivity index (χ4n) is 8.41. The largest absolute Gasteiger partial charge is 0.457 e. The molecule has 3 atom stereocenters. The molecule has 258 valence electrons. The Morgan fingerprint density at radius 2 is 1.68 bits per heavy atom. The molecule has 0 N–H and O–H groups in total. The fourth-order valence-corrected chi connectivity index (χ4v) is 8.41. The van der Waals surface area contributed by atoms with Crippen molar-refractivity contribution in [3.05, 3.63) is 119 Å². The number of aromatic nitrogens is 4. The second kappa shape index (κ2) is 13.9. The molecule has 7 rings (SSSR count). The van der Waals surface area contributed by atoms with Crippen LogP contribution in [-0.2, 0) is 12.8 Å². The molecule has 0 radical (unpaired) electrons. The highest BCUT2D eigenvalue weighted by Gasteiger charge is 2.32. The average molecular weight is 665 g/mol. The number of fused-ring (bicyclic) bond motifs is 3. The quantitative estimate of drug-likeness (QED) is 0.137. The molecule has 0 saturated heterocycles. The number of rotatable bonds is 10. The fraction of sp³-hybridized carbons (Fsp3) is 0.378. The number of unbranched alkanes of at least 4 members (excludes halogenated alkanes) is 1. The Kier molecular flexibility index (Phi) is 9.43. The molecule has 0 aliphatic heterocycles. The molecule has 1 aliphatic rings. The van der Waals surface area contributed by atoms with E-state index in [9.17, 15) is 0 Å². The van der Waals surface area contributed by atoms with Gasteiger partial charge in [0.25, 0.3) is 0 Å². The third-order valence-corrected chi connectivity index (χ3v) is 10.8. The molecule has 0 saturated carbocycles. The summed E-state index contributed by atoms with van der Waals surface area (Å²) in [5.74, 6) is 4.49. The smallest absolute Gasteiger partial charge is 0.137 e. The highest BCUT2D eigenvalue weighted by Crippen LogP contribution is 2.44. The Morgan fingerprint density at radius 1 is 0.880 bits per heavy atom. The molecule has 0 spiro atoms. The van der Waals surface area contributed by atoms with Crippen molar-refractivity contribution in [1.29, 1.82) is 0 Å². The van der Waals surface area contributed by atoms with Gasteiger partial charge in [0.1, 0.15) is 17.3 Å². The predicted molar refractivity (Wildman–Crippen MR) is 208 cm³/mol. The van der Waals surface area contributed by atoms with Crippen LogP contribution in [0.25, 0.3) is 33.3 Å². The van der Waals surface area contributed by atoms with Gasteiger partial charge in [-0.1, -0.05) is 77.8 Å². The second-order valence-corrected chi connectivity index (χ2v) is 15.0. The second-order valence-electron chi connectivity index (χ2n) is 15.0. The van der Waals surface area contributed by atoms with Crippen LogP contribution in [0.3, 0.4) is 0 Å². The summed E-state index contributed by atoms with van der Waals surface area (Å²) < 4.78 is 11.3. The van der Waals surface area contributed by atoms with Crippen LogP contribution in [0.5, 0.6) is 11.5 Å². The van der Waals surface area contributed by atoms with Gasteiger partial charge in [0.15, 0.2) is 0 Å². The number of hydrogen-bond acceptors (Lipinski definition) is 3. The van der Waals surface area contributed by atoms with Crippen molar-refractivity contribution in [2.75, 3.05) is 0 Å². The summed E-state index contributed by atoms with van der Waals surface area (Å²) in [6.07, 6.45) is 9.87. The summed E-state index contributed by atoms with van der Waals surface area (Å²) in [6.45, 7) is 18.3. The van der Waals surface area contributed by atoms with E-state index >= 15 is 0 Å². The van der Waals surface area contributed by atoms with Gasteiger partial charge in [0.05, 0.1) is 22.4 Å². The van der Waals surface area contributed by atoms with Crippen LogP contribution >= 0.6 is 0 Å². The van der Waals surface area contributed by atoms with Crippen LogP contribution in [0.2, 0.25) is 0 Å². The van der Waals surface area contributed by atoms with Gasteiger partial charge in [-0.15, -0.1) is 0 Å². The maximum absolute atomic E-state index is 6.81. The molecule has 3 heterocycles. The first-order valence-corrected chi connectivity index (χ1v) is 18.7. The third-order valence-electron chi connectivity index (χ3n) is 10.8. The Hall–Kier alpha value is -4.64. The molecule has 0 bridgehead atoms. The molecule has 6 aromatic rings. The highest BCUT2D eigenvalue weighted by atomic mass is 16.5. The number of para-hydroxylation sites is 1. The maximum Gasteiger partial charge on any atom is 0.137 e. The molecule has 50 heavy (non-hydrogen) atoms. The number of ether oxygens (including phenoxy) is 1. The lowest BCUT2D eigenvalue weighted by Crippen LogP contribution is -2.21. The first-order valence-electron chi connectivity index (χ1n) is 18.7. The third kappa shape index (κ3) is 6.27. The molecule has 3 aromatic heterocycles. The zero-order valence-corrected chi connectivity index (χ0v) is 31.1. The molecule has 0 fully saturated rings. The number of pyridine rings is 1. The standard InChI is InChI=1S/C45H52N4O/c1-9-11-15-41-45(44-30(6)21-29(5)22-31(44)7)32(8)47-49(41)35-24-34(28(3)4)25-37(26-35)50-36-17-18-39-38-14-12-13-16-40(38)48(42(39)27-36)43-23-33(10-2)19-20-46-43/h12-14,16-21,23-29,31,44H,9-11,15,22H2,1-8H3/t29-,31-,44?/m0/s1. The summed E-state index contributed by atoms with van der Waals surface area (Å²) in [7, 11) is 0. The van der Waals surface area contributed by atoms with Crippen molar-refractivity contribution in [1.82, 2.24) is 19.3 Å². The first-order chi connectivity index (χ1) is 24.2. The number of nitrogens with zero attached hydrogens (tertiary/aromatic N) is 4. The molecule has 1 unspecified atom stereocenters. The van der Waals surface area contributed by atoms with Gasteiger partial charge in [0, 0.05) is 46.3 Å². The Bertz CT molecular complexity index is 2200. The summed E-state index contributed by atoms with van der Waals surface area (Å²) in [6, 6.07) is 26.0. The minimum absolute atomic E-state index is 0.333. The van der Waals surface area contributed by atoms with E-state index in [1.54, 1.807) is 0 Å². The molecule has 3 aromatic carbocycles. The summed E-state index contributed by atoms with van der Waals surface area (Å²) in [4.78, 5) is 4.81. The topological polar surface area (TPSA) is 44.9 Å². The number of benzene rings is 3. The van der Waals surface area contributed by atoms with Crippen LogP contribution in [0.15, 0.2) is 90.6 Å². The number of hydrogen-bond donors (Lipinski definition) is 0. The first kappa shape index (κ1) is 33.8. The summed E-state index contributed by atoms with van der Waals surface area (Å²) >= 11 is 0. The lowest BCUT2D eigenvalue weighted by atomic mass is 9.72. The van der Waals surface area contributed by atoms with E-state index < -0.39 is 0 Å². The average Bonchev–Trinajstić information content (AvgIpc) is 3.60. The molecule has 0 amide bonds. The molecular weight excluding hydrogens is 613 g/mol. The molecule has 1 aliphatic carbocycles. The monoisotopic (exact) mass is 664 g/mol. The van der Waals surface area contributed by atoms with E-state index in [4.69, 9.17) is 14.8 Å². The van der Waals surface area contributed by atoms with Crippen molar-refractivity contribution in [3.8, 4) is 23.0 Å². The zero-order chi connectivity index (χ0) is 35.1. The Morgan fingerprint density at radius 3 is 2.44 bits per heavy atom. The van der Waals surface area contributed by atoms with E-state index in [2.05, 4.69) is 144 Å².